The molecule has 2 heterocycles. The molecule has 2 amide bonds. The molecule has 21 heavy (non-hydrogen) atoms. The fraction of sp³-hybridized carbons (Fsp3) is 0.625. The minimum atomic E-state index is -0.789. The minimum absolute atomic E-state index is 0.00375. The molecular weight excluding hydrogens is 268 g/mol. The number of furan rings is 1. The Labute approximate surface area is 125 Å². The van der Waals surface area contributed by atoms with E-state index in [1.807, 2.05) is 26.0 Å². The standard InChI is InChI=1S/C16H24N2O3/c1-5-16(4)15(20)18(12(3)14(19)17-16)11(2)8-9-13-7-6-10-21-13/h6-7,10-12H,5,8-9H2,1-4H3,(H,17,19). The van der Waals surface area contributed by atoms with Crippen molar-refractivity contribution in [3.8, 4) is 0 Å². The number of nitrogens with zero attached hydrogens (tertiary/aromatic N) is 1. The summed E-state index contributed by atoms with van der Waals surface area (Å²) < 4.78 is 5.33. The SMILES string of the molecule is CCC1(C)NC(=O)C(C)N(C(C)CCc2ccco2)C1=O. The van der Waals surface area contributed by atoms with Gasteiger partial charge in [0.05, 0.1) is 6.26 Å². The van der Waals surface area contributed by atoms with Gasteiger partial charge in [-0.05, 0) is 45.7 Å². The van der Waals surface area contributed by atoms with Crippen molar-refractivity contribution in [1.82, 2.24) is 10.2 Å². The van der Waals surface area contributed by atoms with Crippen LogP contribution in [0.15, 0.2) is 22.8 Å². The maximum Gasteiger partial charge on any atom is 0.248 e. The molecule has 1 saturated heterocycles. The molecule has 3 unspecified atom stereocenters. The second-order valence-electron chi connectivity index (χ2n) is 6.03. The van der Waals surface area contributed by atoms with Gasteiger partial charge in [0, 0.05) is 12.5 Å². The second kappa shape index (κ2) is 5.92. The smallest absolute Gasteiger partial charge is 0.248 e. The van der Waals surface area contributed by atoms with Crippen molar-refractivity contribution in [3.63, 3.8) is 0 Å². The first-order chi connectivity index (χ1) is 9.89. The molecule has 3 atom stereocenters. The van der Waals surface area contributed by atoms with Crippen LogP contribution >= 0.6 is 0 Å². The van der Waals surface area contributed by atoms with Gasteiger partial charge >= 0.3 is 0 Å². The third-order valence-electron chi connectivity index (χ3n) is 4.47. The van der Waals surface area contributed by atoms with Crippen LogP contribution in [-0.4, -0.2) is 34.3 Å². The summed E-state index contributed by atoms with van der Waals surface area (Å²) in [4.78, 5) is 26.6. The molecule has 5 heteroatoms. The van der Waals surface area contributed by atoms with Gasteiger partial charge in [-0.15, -0.1) is 0 Å². The first kappa shape index (κ1) is 15.6. The minimum Gasteiger partial charge on any atom is -0.469 e. The van der Waals surface area contributed by atoms with E-state index < -0.39 is 11.6 Å². The molecule has 1 aromatic heterocycles. The second-order valence-corrected chi connectivity index (χ2v) is 6.03. The third-order valence-corrected chi connectivity index (χ3v) is 4.47. The van der Waals surface area contributed by atoms with Gasteiger partial charge in [0.2, 0.25) is 11.8 Å². The van der Waals surface area contributed by atoms with Crippen molar-refractivity contribution in [1.29, 1.82) is 0 Å². The molecule has 1 N–H and O–H groups in total. The van der Waals surface area contributed by atoms with E-state index in [1.54, 1.807) is 25.0 Å². The predicted octanol–water partition coefficient (Wildman–Crippen LogP) is 2.12. The van der Waals surface area contributed by atoms with E-state index in [4.69, 9.17) is 4.42 Å². The molecule has 1 fully saturated rings. The van der Waals surface area contributed by atoms with Crippen LogP contribution in [0.3, 0.4) is 0 Å². The lowest BCUT2D eigenvalue weighted by atomic mass is 9.90. The molecule has 0 radical (unpaired) electrons. The van der Waals surface area contributed by atoms with Gasteiger partial charge in [-0.3, -0.25) is 9.59 Å². The van der Waals surface area contributed by atoms with Crippen molar-refractivity contribution in [2.24, 2.45) is 0 Å². The molecule has 0 saturated carbocycles. The largest absolute Gasteiger partial charge is 0.469 e. The predicted molar refractivity (Wildman–Crippen MR) is 79.6 cm³/mol. The van der Waals surface area contributed by atoms with Gasteiger partial charge in [0.25, 0.3) is 0 Å². The lowest BCUT2D eigenvalue weighted by Gasteiger charge is -2.45. The van der Waals surface area contributed by atoms with Gasteiger partial charge in [0.1, 0.15) is 17.3 Å². The number of carbonyl (C=O) groups is 2. The zero-order chi connectivity index (χ0) is 15.6. The lowest BCUT2D eigenvalue weighted by molar-refractivity contribution is -0.156. The Hall–Kier alpha value is -1.78. The average molecular weight is 292 g/mol. The van der Waals surface area contributed by atoms with Crippen molar-refractivity contribution in [2.45, 2.75) is 64.6 Å². The number of piperazine rings is 1. The summed E-state index contributed by atoms with van der Waals surface area (Å²) >= 11 is 0. The molecule has 1 aromatic rings. The van der Waals surface area contributed by atoms with Crippen LogP contribution in [0.25, 0.3) is 0 Å². The summed E-state index contributed by atoms with van der Waals surface area (Å²) in [6, 6.07) is 3.35. The molecule has 1 aliphatic heterocycles. The topological polar surface area (TPSA) is 62.6 Å². The first-order valence-electron chi connectivity index (χ1n) is 7.56. The summed E-state index contributed by atoms with van der Waals surface area (Å²) in [6.07, 6.45) is 3.77. The molecule has 0 spiro atoms. The molecular formula is C16H24N2O3. The van der Waals surface area contributed by atoms with E-state index in [1.165, 1.54) is 0 Å². The average Bonchev–Trinajstić information content (AvgIpc) is 2.96. The molecule has 1 aliphatic rings. The van der Waals surface area contributed by atoms with Gasteiger partial charge in [-0.2, -0.15) is 0 Å². The Morgan fingerprint density at radius 1 is 1.48 bits per heavy atom. The fourth-order valence-corrected chi connectivity index (χ4v) is 2.78. The van der Waals surface area contributed by atoms with E-state index >= 15 is 0 Å². The fourth-order valence-electron chi connectivity index (χ4n) is 2.78. The van der Waals surface area contributed by atoms with E-state index in [0.29, 0.717) is 6.42 Å². The van der Waals surface area contributed by atoms with Crippen LogP contribution in [0.5, 0.6) is 0 Å². The number of rotatable bonds is 5. The number of hydrogen-bond acceptors (Lipinski definition) is 3. The van der Waals surface area contributed by atoms with Crippen molar-refractivity contribution in [2.75, 3.05) is 0 Å². The highest BCUT2D eigenvalue weighted by atomic mass is 16.3. The quantitative estimate of drug-likeness (QED) is 0.904. The van der Waals surface area contributed by atoms with Gasteiger partial charge in [0.15, 0.2) is 0 Å². The third kappa shape index (κ3) is 2.96. The summed E-state index contributed by atoms with van der Waals surface area (Å²) in [7, 11) is 0. The Kier molecular flexibility index (Phi) is 4.40. The van der Waals surface area contributed by atoms with Crippen molar-refractivity contribution in [3.05, 3.63) is 24.2 Å². The van der Waals surface area contributed by atoms with E-state index in [0.717, 1.165) is 18.6 Å². The van der Waals surface area contributed by atoms with Crippen LogP contribution in [0.2, 0.25) is 0 Å². The first-order valence-corrected chi connectivity index (χ1v) is 7.56. The summed E-state index contributed by atoms with van der Waals surface area (Å²) in [6.45, 7) is 7.49. The number of carbonyl (C=O) groups excluding carboxylic acids is 2. The molecule has 0 bridgehead atoms. The Balaban J connectivity index is 2.10. The van der Waals surface area contributed by atoms with Crippen LogP contribution in [0.1, 0.15) is 46.3 Å². The normalized spacial score (nSPS) is 27.6. The molecule has 116 valence electrons. The molecule has 0 aromatic carbocycles. The number of hydrogen-bond donors (Lipinski definition) is 1. The molecule has 0 aliphatic carbocycles. The number of aryl methyl sites for hydroxylation is 1. The number of amides is 2. The van der Waals surface area contributed by atoms with Gasteiger partial charge in [-0.1, -0.05) is 6.92 Å². The monoisotopic (exact) mass is 292 g/mol. The van der Waals surface area contributed by atoms with Crippen molar-refractivity contribution >= 4 is 11.8 Å². The van der Waals surface area contributed by atoms with Crippen molar-refractivity contribution < 1.29 is 14.0 Å². The van der Waals surface area contributed by atoms with Crippen LogP contribution in [0, 0.1) is 0 Å². The summed E-state index contributed by atoms with van der Waals surface area (Å²) in [5, 5.41) is 2.85. The highest BCUT2D eigenvalue weighted by Crippen LogP contribution is 2.25. The maximum atomic E-state index is 12.7. The zero-order valence-corrected chi connectivity index (χ0v) is 13.2. The van der Waals surface area contributed by atoms with Crippen LogP contribution in [0.4, 0.5) is 0 Å². The van der Waals surface area contributed by atoms with Gasteiger partial charge < -0.3 is 14.6 Å². The highest BCUT2D eigenvalue weighted by molar-refractivity contribution is 5.99. The van der Waals surface area contributed by atoms with Crippen LogP contribution in [-0.2, 0) is 16.0 Å². The van der Waals surface area contributed by atoms with Gasteiger partial charge in [-0.25, -0.2) is 0 Å². The van der Waals surface area contributed by atoms with E-state index in [9.17, 15) is 9.59 Å². The maximum absolute atomic E-state index is 12.7. The summed E-state index contributed by atoms with van der Waals surface area (Å²) in [5.74, 6) is 0.828. The Bertz CT molecular complexity index is 512. The molecule has 5 nitrogen and oxygen atoms in total. The Morgan fingerprint density at radius 3 is 2.76 bits per heavy atom. The van der Waals surface area contributed by atoms with E-state index in [-0.39, 0.29) is 17.9 Å². The zero-order valence-electron chi connectivity index (χ0n) is 13.2. The highest BCUT2D eigenvalue weighted by Gasteiger charge is 2.46. The summed E-state index contributed by atoms with van der Waals surface area (Å²) in [5.41, 5.74) is -0.789. The van der Waals surface area contributed by atoms with Crippen LogP contribution < -0.4 is 5.32 Å². The Morgan fingerprint density at radius 2 is 2.19 bits per heavy atom. The lowest BCUT2D eigenvalue weighted by Crippen LogP contribution is -2.69. The van der Waals surface area contributed by atoms with E-state index in [2.05, 4.69) is 5.32 Å². The number of nitrogens with one attached hydrogen (secondary N) is 1. The molecule has 2 rings (SSSR count).